The molecule has 0 heterocycles. The zero-order valence-electron chi connectivity index (χ0n) is 9.94. The number of rotatable bonds is 4. The van der Waals surface area contributed by atoms with Crippen molar-refractivity contribution in [1.82, 2.24) is 0 Å². The highest BCUT2D eigenvalue weighted by molar-refractivity contribution is 9.15. The highest BCUT2D eigenvalue weighted by Gasteiger charge is 1.96. The first-order chi connectivity index (χ1) is 8.13. The number of carbonyl (C=O) groups excluding carboxylic acids is 1. The lowest BCUT2D eigenvalue weighted by atomic mass is 10.1. The Morgan fingerprint density at radius 2 is 2.00 bits per heavy atom. The normalized spacial score (nSPS) is 11.8. The quantitative estimate of drug-likeness (QED) is 0.479. The zero-order valence-corrected chi connectivity index (χ0v) is 11.5. The SMILES string of the molecule is CCOC(=O)/C=C/C=C(\Br)c1ccc(C)cc1. The maximum atomic E-state index is 11.1. The van der Waals surface area contributed by atoms with Crippen molar-refractivity contribution in [2.75, 3.05) is 6.61 Å². The molecule has 0 bridgehead atoms. The van der Waals surface area contributed by atoms with Gasteiger partial charge in [0.05, 0.1) is 6.61 Å². The zero-order chi connectivity index (χ0) is 12.7. The number of benzene rings is 1. The number of ether oxygens (including phenoxy) is 1. The molecule has 0 aliphatic heterocycles. The van der Waals surface area contributed by atoms with Crippen LogP contribution in [-0.4, -0.2) is 12.6 Å². The van der Waals surface area contributed by atoms with Crippen LogP contribution in [0.2, 0.25) is 0 Å². The molecule has 0 fully saturated rings. The third kappa shape index (κ3) is 5.00. The molecule has 0 saturated carbocycles. The van der Waals surface area contributed by atoms with Crippen LogP contribution in [0.15, 0.2) is 42.5 Å². The summed E-state index contributed by atoms with van der Waals surface area (Å²) in [6.45, 7) is 4.22. The van der Waals surface area contributed by atoms with E-state index in [1.54, 1.807) is 13.0 Å². The Bertz CT molecular complexity index is 430. The smallest absolute Gasteiger partial charge is 0.330 e. The molecule has 0 spiro atoms. The molecule has 0 aromatic heterocycles. The summed E-state index contributed by atoms with van der Waals surface area (Å²) in [5, 5.41) is 0. The number of hydrogen-bond acceptors (Lipinski definition) is 2. The van der Waals surface area contributed by atoms with E-state index in [1.807, 2.05) is 37.3 Å². The second-order valence-electron chi connectivity index (χ2n) is 3.49. The lowest BCUT2D eigenvalue weighted by Gasteiger charge is -1.99. The minimum Gasteiger partial charge on any atom is -0.463 e. The van der Waals surface area contributed by atoms with Crippen LogP contribution in [0.4, 0.5) is 0 Å². The number of hydrogen-bond donors (Lipinski definition) is 0. The van der Waals surface area contributed by atoms with Crippen LogP contribution in [0.3, 0.4) is 0 Å². The molecule has 1 aromatic rings. The Hall–Kier alpha value is -1.35. The summed E-state index contributed by atoms with van der Waals surface area (Å²) in [6, 6.07) is 8.13. The molecular formula is C14H15BrO2. The Morgan fingerprint density at radius 3 is 2.59 bits per heavy atom. The molecule has 17 heavy (non-hydrogen) atoms. The summed E-state index contributed by atoms with van der Waals surface area (Å²) >= 11 is 3.46. The van der Waals surface area contributed by atoms with E-state index in [0.29, 0.717) is 6.61 Å². The number of halogens is 1. The van der Waals surface area contributed by atoms with E-state index >= 15 is 0 Å². The molecule has 0 aliphatic rings. The molecule has 0 atom stereocenters. The molecule has 1 aromatic carbocycles. The Labute approximate surface area is 110 Å². The lowest BCUT2D eigenvalue weighted by Crippen LogP contribution is -1.98. The molecule has 2 nitrogen and oxygen atoms in total. The van der Waals surface area contributed by atoms with E-state index in [9.17, 15) is 4.79 Å². The highest BCUT2D eigenvalue weighted by Crippen LogP contribution is 2.21. The summed E-state index contributed by atoms with van der Waals surface area (Å²) < 4.78 is 5.70. The van der Waals surface area contributed by atoms with Crippen molar-refractivity contribution in [2.45, 2.75) is 13.8 Å². The Morgan fingerprint density at radius 1 is 1.35 bits per heavy atom. The van der Waals surface area contributed by atoms with Crippen LogP contribution in [-0.2, 0) is 9.53 Å². The summed E-state index contributed by atoms with van der Waals surface area (Å²) in [5.41, 5.74) is 2.29. The third-order valence-corrected chi connectivity index (χ3v) is 2.81. The minimum atomic E-state index is -0.326. The molecular weight excluding hydrogens is 280 g/mol. The minimum absolute atomic E-state index is 0.326. The average Bonchev–Trinajstić information content (AvgIpc) is 2.30. The van der Waals surface area contributed by atoms with Crippen LogP contribution < -0.4 is 0 Å². The predicted octanol–water partition coefficient (Wildman–Crippen LogP) is 3.85. The van der Waals surface area contributed by atoms with Gasteiger partial charge in [0, 0.05) is 10.6 Å². The first-order valence-electron chi connectivity index (χ1n) is 5.41. The molecule has 0 unspecified atom stereocenters. The van der Waals surface area contributed by atoms with Gasteiger partial charge in [0.25, 0.3) is 0 Å². The summed E-state index contributed by atoms with van der Waals surface area (Å²) in [6.07, 6.45) is 4.89. The van der Waals surface area contributed by atoms with E-state index < -0.39 is 0 Å². The van der Waals surface area contributed by atoms with Crippen molar-refractivity contribution in [3.05, 3.63) is 53.6 Å². The van der Waals surface area contributed by atoms with Crippen molar-refractivity contribution in [3.8, 4) is 0 Å². The molecule has 0 amide bonds. The molecule has 90 valence electrons. The molecule has 0 radical (unpaired) electrons. The largest absolute Gasteiger partial charge is 0.463 e. The standard InChI is InChI=1S/C14H15BrO2/c1-3-17-14(16)6-4-5-13(15)12-9-7-11(2)8-10-12/h4-10H,3H2,1-2H3/b6-4+,13-5-. The maximum absolute atomic E-state index is 11.1. The third-order valence-electron chi connectivity index (χ3n) is 2.09. The van der Waals surface area contributed by atoms with Gasteiger partial charge in [-0.3, -0.25) is 0 Å². The van der Waals surface area contributed by atoms with Gasteiger partial charge in [-0.15, -0.1) is 0 Å². The lowest BCUT2D eigenvalue weighted by molar-refractivity contribution is -0.137. The van der Waals surface area contributed by atoms with Gasteiger partial charge in [0.15, 0.2) is 0 Å². The molecule has 0 saturated heterocycles. The van der Waals surface area contributed by atoms with Gasteiger partial charge in [0.2, 0.25) is 0 Å². The van der Waals surface area contributed by atoms with Crippen molar-refractivity contribution in [1.29, 1.82) is 0 Å². The second kappa shape index (κ2) is 7.07. The highest BCUT2D eigenvalue weighted by atomic mass is 79.9. The van der Waals surface area contributed by atoms with Crippen LogP contribution in [0.5, 0.6) is 0 Å². The van der Waals surface area contributed by atoms with Gasteiger partial charge in [-0.1, -0.05) is 51.8 Å². The van der Waals surface area contributed by atoms with Crippen LogP contribution in [0.1, 0.15) is 18.1 Å². The number of carbonyl (C=O) groups is 1. The van der Waals surface area contributed by atoms with Gasteiger partial charge in [0.1, 0.15) is 0 Å². The van der Waals surface area contributed by atoms with Crippen molar-refractivity contribution >= 4 is 26.4 Å². The number of allylic oxidation sites excluding steroid dienone is 2. The van der Waals surface area contributed by atoms with Crippen molar-refractivity contribution in [3.63, 3.8) is 0 Å². The van der Waals surface area contributed by atoms with Gasteiger partial charge < -0.3 is 4.74 Å². The van der Waals surface area contributed by atoms with Crippen molar-refractivity contribution < 1.29 is 9.53 Å². The van der Waals surface area contributed by atoms with Gasteiger partial charge in [-0.2, -0.15) is 0 Å². The molecule has 0 N–H and O–H groups in total. The Balaban J connectivity index is 2.66. The number of esters is 1. The van der Waals surface area contributed by atoms with E-state index in [0.717, 1.165) is 10.0 Å². The first-order valence-corrected chi connectivity index (χ1v) is 6.20. The van der Waals surface area contributed by atoms with E-state index in [4.69, 9.17) is 4.74 Å². The average molecular weight is 295 g/mol. The van der Waals surface area contributed by atoms with Gasteiger partial charge >= 0.3 is 5.97 Å². The van der Waals surface area contributed by atoms with Gasteiger partial charge in [-0.25, -0.2) is 4.79 Å². The molecule has 3 heteroatoms. The number of aryl methyl sites for hydroxylation is 1. The van der Waals surface area contributed by atoms with E-state index in [-0.39, 0.29) is 5.97 Å². The van der Waals surface area contributed by atoms with E-state index in [1.165, 1.54) is 11.6 Å². The first kappa shape index (κ1) is 13.7. The monoisotopic (exact) mass is 294 g/mol. The second-order valence-corrected chi connectivity index (χ2v) is 4.35. The molecule has 0 aliphatic carbocycles. The predicted molar refractivity (Wildman–Crippen MR) is 73.9 cm³/mol. The van der Waals surface area contributed by atoms with Crippen LogP contribution in [0.25, 0.3) is 4.48 Å². The summed E-state index contributed by atoms with van der Waals surface area (Å²) in [7, 11) is 0. The summed E-state index contributed by atoms with van der Waals surface area (Å²) in [5.74, 6) is -0.326. The fraction of sp³-hybridized carbons (Fsp3) is 0.214. The van der Waals surface area contributed by atoms with Crippen LogP contribution >= 0.6 is 15.9 Å². The van der Waals surface area contributed by atoms with E-state index in [2.05, 4.69) is 15.9 Å². The summed E-state index contributed by atoms with van der Waals surface area (Å²) in [4.78, 5) is 11.1. The molecule has 1 rings (SSSR count). The Kier molecular flexibility index (Phi) is 5.70. The maximum Gasteiger partial charge on any atom is 0.330 e. The fourth-order valence-corrected chi connectivity index (χ4v) is 1.63. The van der Waals surface area contributed by atoms with Gasteiger partial charge in [-0.05, 0) is 25.5 Å². The van der Waals surface area contributed by atoms with Crippen molar-refractivity contribution in [2.24, 2.45) is 0 Å². The topological polar surface area (TPSA) is 26.3 Å². The van der Waals surface area contributed by atoms with Crippen LogP contribution in [0, 0.1) is 6.92 Å². The fourth-order valence-electron chi connectivity index (χ4n) is 1.21.